The third-order valence-electron chi connectivity index (χ3n) is 2.66. The molecule has 0 unspecified atom stereocenters. The van der Waals surface area contributed by atoms with Crippen molar-refractivity contribution in [2.45, 2.75) is 45.4 Å². The van der Waals surface area contributed by atoms with E-state index in [2.05, 4.69) is 6.92 Å². The second kappa shape index (κ2) is 6.33. The average molecular weight is 208 g/mol. The number of benzene rings is 1. The van der Waals surface area contributed by atoms with E-state index in [1.165, 1.54) is 25.7 Å². The van der Waals surface area contributed by atoms with E-state index in [0.29, 0.717) is 5.56 Å². The van der Waals surface area contributed by atoms with Crippen LogP contribution >= 0.6 is 0 Å². The van der Waals surface area contributed by atoms with Crippen LogP contribution in [0, 0.1) is 0 Å². The van der Waals surface area contributed by atoms with Crippen molar-refractivity contribution in [2.75, 3.05) is 0 Å². The molecular formula is C13H20O2. The lowest BCUT2D eigenvalue weighted by molar-refractivity contribution is 0.435. The number of hydrogen-bond acceptors (Lipinski definition) is 2. The lowest BCUT2D eigenvalue weighted by Crippen LogP contribution is -1.88. The van der Waals surface area contributed by atoms with Crippen molar-refractivity contribution in [1.82, 2.24) is 0 Å². The molecule has 1 aromatic rings. The van der Waals surface area contributed by atoms with E-state index in [9.17, 15) is 10.2 Å². The highest BCUT2D eigenvalue weighted by atomic mass is 16.3. The van der Waals surface area contributed by atoms with Crippen molar-refractivity contribution >= 4 is 0 Å². The summed E-state index contributed by atoms with van der Waals surface area (Å²) in [7, 11) is 0. The lowest BCUT2D eigenvalue weighted by atomic mass is 10.0. The van der Waals surface area contributed by atoms with Gasteiger partial charge in [-0.25, -0.2) is 0 Å². The molecule has 0 aliphatic heterocycles. The average Bonchev–Trinajstić information content (AvgIpc) is 2.21. The lowest BCUT2D eigenvalue weighted by Gasteiger charge is -2.06. The second-order valence-corrected chi connectivity index (χ2v) is 3.94. The fourth-order valence-corrected chi connectivity index (χ4v) is 1.72. The van der Waals surface area contributed by atoms with Crippen LogP contribution in [0.4, 0.5) is 0 Å². The molecule has 2 N–H and O–H groups in total. The van der Waals surface area contributed by atoms with Crippen molar-refractivity contribution in [3.63, 3.8) is 0 Å². The quantitative estimate of drug-likeness (QED) is 0.701. The molecule has 0 heterocycles. The zero-order valence-corrected chi connectivity index (χ0v) is 9.37. The number of rotatable bonds is 6. The van der Waals surface area contributed by atoms with Crippen LogP contribution in [0.25, 0.3) is 0 Å². The molecule has 0 aromatic heterocycles. The molecule has 0 bridgehead atoms. The van der Waals surface area contributed by atoms with Gasteiger partial charge in [-0.15, -0.1) is 0 Å². The molecule has 1 rings (SSSR count). The van der Waals surface area contributed by atoms with Gasteiger partial charge >= 0.3 is 0 Å². The first-order chi connectivity index (χ1) is 7.25. The van der Waals surface area contributed by atoms with E-state index >= 15 is 0 Å². The number of unbranched alkanes of at least 4 members (excludes halogenated alkanes) is 4. The first-order valence-corrected chi connectivity index (χ1v) is 5.75. The molecule has 1 aromatic carbocycles. The third kappa shape index (κ3) is 3.82. The standard InChI is InChI=1S/C13H20O2/c1-2-3-4-5-6-8-11-12(14)9-7-10-13(11)15/h7,9-10,14-15H,2-6,8H2,1H3. The third-order valence-corrected chi connectivity index (χ3v) is 2.66. The van der Waals surface area contributed by atoms with E-state index in [-0.39, 0.29) is 11.5 Å². The predicted molar refractivity (Wildman–Crippen MR) is 62.2 cm³/mol. The molecule has 0 aliphatic carbocycles. The Morgan fingerprint density at radius 2 is 1.53 bits per heavy atom. The summed E-state index contributed by atoms with van der Waals surface area (Å²) < 4.78 is 0. The molecule has 0 saturated heterocycles. The van der Waals surface area contributed by atoms with Crippen LogP contribution in [0.5, 0.6) is 11.5 Å². The van der Waals surface area contributed by atoms with Gasteiger partial charge in [-0.1, -0.05) is 38.7 Å². The molecule has 0 fully saturated rings. The number of phenols is 2. The second-order valence-electron chi connectivity index (χ2n) is 3.94. The van der Waals surface area contributed by atoms with Gasteiger partial charge in [0, 0.05) is 5.56 Å². The topological polar surface area (TPSA) is 40.5 Å². The summed E-state index contributed by atoms with van der Waals surface area (Å²) in [5, 5.41) is 19.1. The SMILES string of the molecule is CCCCCCCc1c(O)cccc1O. The van der Waals surface area contributed by atoms with Gasteiger partial charge in [0.2, 0.25) is 0 Å². The molecule has 15 heavy (non-hydrogen) atoms. The Morgan fingerprint density at radius 1 is 0.933 bits per heavy atom. The molecule has 0 atom stereocenters. The summed E-state index contributed by atoms with van der Waals surface area (Å²) in [5.41, 5.74) is 0.689. The normalized spacial score (nSPS) is 10.5. The Labute approximate surface area is 91.6 Å². The predicted octanol–water partition coefficient (Wildman–Crippen LogP) is 3.61. The molecule has 2 heteroatoms. The smallest absolute Gasteiger partial charge is 0.122 e. The first-order valence-electron chi connectivity index (χ1n) is 5.75. The van der Waals surface area contributed by atoms with E-state index < -0.39 is 0 Å². The summed E-state index contributed by atoms with van der Waals surface area (Å²) in [6, 6.07) is 4.91. The van der Waals surface area contributed by atoms with Gasteiger partial charge in [-0.05, 0) is 25.0 Å². The summed E-state index contributed by atoms with van der Waals surface area (Å²) in [6.07, 6.45) is 6.72. The van der Waals surface area contributed by atoms with Gasteiger partial charge in [0.25, 0.3) is 0 Å². The van der Waals surface area contributed by atoms with Gasteiger partial charge in [0.15, 0.2) is 0 Å². The number of phenolic OH excluding ortho intramolecular Hbond substituents is 2. The molecule has 2 nitrogen and oxygen atoms in total. The minimum atomic E-state index is 0.213. The van der Waals surface area contributed by atoms with Crippen LogP contribution in [0.15, 0.2) is 18.2 Å². The van der Waals surface area contributed by atoms with Gasteiger partial charge in [0.05, 0.1) is 0 Å². The molecule has 0 amide bonds. The fourth-order valence-electron chi connectivity index (χ4n) is 1.72. The molecular weight excluding hydrogens is 188 g/mol. The number of hydrogen-bond donors (Lipinski definition) is 2. The molecule has 0 saturated carbocycles. The largest absolute Gasteiger partial charge is 0.508 e. The Balaban J connectivity index is 2.37. The van der Waals surface area contributed by atoms with E-state index in [1.54, 1.807) is 18.2 Å². The van der Waals surface area contributed by atoms with Crippen LogP contribution in [0.3, 0.4) is 0 Å². The Hall–Kier alpha value is -1.18. The first kappa shape index (κ1) is 11.9. The van der Waals surface area contributed by atoms with Crippen molar-refractivity contribution in [3.8, 4) is 11.5 Å². The molecule has 0 aliphatic rings. The van der Waals surface area contributed by atoms with Crippen LogP contribution in [-0.2, 0) is 6.42 Å². The number of aromatic hydroxyl groups is 2. The van der Waals surface area contributed by atoms with Crippen molar-refractivity contribution in [2.24, 2.45) is 0 Å². The highest BCUT2D eigenvalue weighted by Gasteiger charge is 2.05. The maximum atomic E-state index is 9.53. The summed E-state index contributed by atoms with van der Waals surface area (Å²) in [6.45, 7) is 2.19. The van der Waals surface area contributed by atoms with E-state index in [1.807, 2.05) is 0 Å². The zero-order valence-electron chi connectivity index (χ0n) is 9.37. The minimum absolute atomic E-state index is 0.213. The maximum Gasteiger partial charge on any atom is 0.122 e. The van der Waals surface area contributed by atoms with Crippen molar-refractivity contribution in [3.05, 3.63) is 23.8 Å². The summed E-state index contributed by atoms with van der Waals surface area (Å²) in [4.78, 5) is 0. The summed E-state index contributed by atoms with van der Waals surface area (Å²) >= 11 is 0. The fraction of sp³-hybridized carbons (Fsp3) is 0.538. The van der Waals surface area contributed by atoms with Crippen LogP contribution in [0.1, 0.15) is 44.6 Å². The van der Waals surface area contributed by atoms with Crippen LogP contribution in [0.2, 0.25) is 0 Å². The zero-order chi connectivity index (χ0) is 11.1. The summed E-state index contributed by atoms with van der Waals surface area (Å²) in [5.74, 6) is 0.427. The Kier molecular flexibility index (Phi) is 5.02. The Bertz CT molecular complexity index is 274. The van der Waals surface area contributed by atoms with Crippen LogP contribution < -0.4 is 0 Å². The van der Waals surface area contributed by atoms with Crippen LogP contribution in [-0.4, -0.2) is 10.2 Å². The maximum absolute atomic E-state index is 9.53. The van der Waals surface area contributed by atoms with Crippen molar-refractivity contribution < 1.29 is 10.2 Å². The highest BCUT2D eigenvalue weighted by molar-refractivity contribution is 5.42. The molecule has 0 radical (unpaired) electrons. The van der Waals surface area contributed by atoms with Gasteiger partial charge in [-0.2, -0.15) is 0 Å². The highest BCUT2D eigenvalue weighted by Crippen LogP contribution is 2.27. The Morgan fingerprint density at radius 3 is 2.13 bits per heavy atom. The minimum Gasteiger partial charge on any atom is -0.508 e. The monoisotopic (exact) mass is 208 g/mol. The van der Waals surface area contributed by atoms with Crippen molar-refractivity contribution in [1.29, 1.82) is 0 Å². The van der Waals surface area contributed by atoms with Gasteiger partial charge < -0.3 is 10.2 Å². The molecule has 84 valence electrons. The molecule has 0 spiro atoms. The van der Waals surface area contributed by atoms with Gasteiger partial charge in [-0.3, -0.25) is 0 Å². The van der Waals surface area contributed by atoms with E-state index in [4.69, 9.17) is 0 Å². The van der Waals surface area contributed by atoms with E-state index in [0.717, 1.165) is 12.8 Å². The van der Waals surface area contributed by atoms with Gasteiger partial charge in [0.1, 0.15) is 11.5 Å².